The number of hydrogen-bond donors (Lipinski definition) is 1. The molecule has 0 unspecified atom stereocenters. The smallest absolute Gasteiger partial charge is 0.273 e. The van der Waals surface area contributed by atoms with Gasteiger partial charge in [0.15, 0.2) is 5.69 Å². The highest BCUT2D eigenvalue weighted by Crippen LogP contribution is 2.15. The van der Waals surface area contributed by atoms with E-state index in [0.29, 0.717) is 31.1 Å². The van der Waals surface area contributed by atoms with Gasteiger partial charge in [0.05, 0.1) is 6.54 Å². The number of aromatic nitrogens is 1. The van der Waals surface area contributed by atoms with E-state index in [-0.39, 0.29) is 11.6 Å². The zero-order chi connectivity index (χ0) is 21.6. The van der Waals surface area contributed by atoms with Crippen molar-refractivity contribution in [3.8, 4) is 0 Å². The molecule has 8 heteroatoms. The Morgan fingerprint density at radius 2 is 1.71 bits per heavy atom. The first-order chi connectivity index (χ1) is 15.1. The SMILES string of the molecule is O=C(NCc1ccccc1)c1coc(CN2CCN(Cc3ccc(F)cc3F)CC2)n1. The lowest BCUT2D eigenvalue weighted by atomic mass is 10.2. The summed E-state index contributed by atoms with van der Waals surface area (Å²) in [6.45, 7) is 4.42. The number of nitrogens with one attached hydrogen (secondary N) is 1. The standard InChI is InChI=1S/C23H24F2N4O2/c24-19-7-6-18(20(25)12-19)14-28-8-10-29(11-9-28)15-22-27-21(16-31-22)23(30)26-13-17-4-2-1-3-5-17/h1-7,12,16H,8-11,13-15H2,(H,26,30). The zero-order valence-electron chi connectivity index (χ0n) is 17.1. The Labute approximate surface area is 179 Å². The maximum atomic E-state index is 13.9. The summed E-state index contributed by atoms with van der Waals surface area (Å²) in [5.74, 6) is -0.863. The Hall–Kier alpha value is -3.10. The molecule has 4 rings (SSSR count). The molecule has 0 aliphatic carbocycles. The molecular weight excluding hydrogens is 402 g/mol. The molecule has 31 heavy (non-hydrogen) atoms. The molecule has 1 aliphatic rings. The number of nitrogens with zero attached hydrogens (tertiary/aromatic N) is 3. The Morgan fingerprint density at radius 3 is 2.42 bits per heavy atom. The van der Waals surface area contributed by atoms with Gasteiger partial charge in [-0.2, -0.15) is 0 Å². The van der Waals surface area contributed by atoms with Crippen LogP contribution in [-0.4, -0.2) is 46.9 Å². The molecule has 1 fully saturated rings. The predicted octanol–water partition coefficient (Wildman–Crippen LogP) is 3.20. The molecule has 2 heterocycles. The number of rotatable bonds is 7. The van der Waals surface area contributed by atoms with Gasteiger partial charge in [-0.1, -0.05) is 36.4 Å². The van der Waals surface area contributed by atoms with Gasteiger partial charge >= 0.3 is 0 Å². The van der Waals surface area contributed by atoms with E-state index < -0.39 is 11.6 Å². The molecular formula is C23H24F2N4O2. The van der Waals surface area contributed by atoms with Crippen molar-refractivity contribution in [1.82, 2.24) is 20.1 Å². The monoisotopic (exact) mass is 426 g/mol. The fourth-order valence-electron chi connectivity index (χ4n) is 3.54. The van der Waals surface area contributed by atoms with Crippen LogP contribution in [0.4, 0.5) is 8.78 Å². The molecule has 0 bridgehead atoms. The second-order valence-electron chi connectivity index (χ2n) is 7.58. The first-order valence-electron chi connectivity index (χ1n) is 10.2. The number of carbonyl (C=O) groups is 1. The van der Waals surface area contributed by atoms with Crippen LogP contribution in [-0.2, 0) is 19.6 Å². The summed E-state index contributed by atoms with van der Waals surface area (Å²) in [5.41, 5.74) is 1.77. The fraction of sp³-hybridized carbons (Fsp3) is 0.304. The van der Waals surface area contributed by atoms with E-state index in [1.807, 2.05) is 30.3 Å². The number of oxazole rings is 1. The number of hydrogen-bond acceptors (Lipinski definition) is 5. The minimum atomic E-state index is -0.565. The van der Waals surface area contributed by atoms with E-state index >= 15 is 0 Å². The third-order valence-corrected chi connectivity index (χ3v) is 5.31. The second-order valence-corrected chi connectivity index (χ2v) is 7.58. The number of piperazine rings is 1. The van der Waals surface area contributed by atoms with Crippen molar-refractivity contribution in [1.29, 1.82) is 0 Å². The molecule has 0 radical (unpaired) electrons. The molecule has 1 amide bonds. The minimum absolute atomic E-state index is 0.261. The molecule has 3 aromatic rings. The molecule has 0 spiro atoms. The predicted molar refractivity (Wildman–Crippen MR) is 111 cm³/mol. The molecule has 6 nitrogen and oxygen atoms in total. The van der Waals surface area contributed by atoms with Crippen molar-refractivity contribution in [2.45, 2.75) is 19.6 Å². The first-order valence-corrected chi connectivity index (χ1v) is 10.2. The third-order valence-electron chi connectivity index (χ3n) is 5.31. The summed E-state index contributed by atoms with van der Waals surface area (Å²) in [6.07, 6.45) is 1.38. The van der Waals surface area contributed by atoms with Crippen molar-refractivity contribution in [3.05, 3.63) is 89.1 Å². The molecule has 0 saturated carbocycles. The highest BCUT2D eigenvalue weighted by molar-refractivity contribution is 5.91. The van der Waals surface area contributed by atoms with Gasteiger partial charge in [0.1, 0.15) is 17.9 Å². The van der Waals surface area contributed by atoms with Crippen molar-refractivity contribution in [3.63, 3.8) is 0 Å². The van der Waals surface area contributed by atoms with Crippen molar-refractivity contribution >= 4 is 5.91 Å². The van der Waals surface area contributed by atoms with Crippen molar-refractivity contribution in [2.24, 2.45) is 0 Å². The van der Waals surface area contributed by atoms with Crippen LogP contribution in [0.15, 0.2) is 59.2 Å². The summed E-state index contributed by atoms with van der Waals surface area (Å²) < 4.78 is 32.4. The average Bonchev–Trinajstić information content (AvgIpc) is 3.25. The van der Waals surface area contributed by atoms with Crippen LogP contribution < -0.4 is 5.32 Å². The number of benzene rings is 2. The van der Waals surface area contributed by atoms with Gasteiger partial charge in [0, 0.05) is 50.9 Å². The summed E-state index contributed by atoms with van der Waals surface area (Å²) >= 11 is 0. The van der Waals surface area contributed by atoms with Crippen LogP contribution >= 0.6 is 0 Å². The van der Waals surface area contributed by atoms with Crippen LogP contribution in [0.25, 0.3) is 0 Å². The topological polar surface area (TPSA) is 61.6 Å². The van der Waals surface area contributed by atoms with E-state index in [2.05, 4.69) is 20.1 Å². The fourth-order valence-corrected chi connectivity index (χ4v) is 3.54. The number of amides is 1. The summed E-state index contributed by atoms with van der Waals surface area (Å²) in [7, 11) is 0. The second kappa shape index (κ2) is 9.80. The van der Waals surface area contributed by atoms with Crippen LogP contribution in [0.3, 0.4) is 0 Å². The Morgan fingerprint density at radius 1 is 1.00 bits per heavy atom. The van der Waals surface area contributed by atoms with E-state index in [9.17, 15) is 13.6 Å². The zero-order valence-corrected chi connectivity index (χ0v) is 17.1. The average molecular weight is 426 g/mol. The quantitative estimate of drug-likeness (QED) is 0.629. The maximum Gasteiger partial charge on any atom is 0.273 e. The number of halogens is 2. The van der Waals surface area contributed by atoms with Gasteiger partial charge in [-0.3, -0.25) is 14.6 Å². The normalized spacial score (nSPS) is 15.2. The Balaban J connectivity index is 1.23. The van der Waals surface area contributed by atoms with E-state index in [4.69, 9.17) is 4.42 Å². The summed E-state index contributed by atoms with van der Waals surface area (Å²) in [6, 6.07) is 13.4. The maximum absolute atomic E-state index is 13.9. The van der Waals surface area contributed by atoms with E-state index in [1.165, 1.54) is 18.4 Å². The van der Waals surface area contributed by atoms with Crippen LogP contribution in [0, 0.1) is 11.6 Å². The molecule has 2 aromatic carbocycles. The van der Waals surface area contributed by atoms with Gasteiger partial charge in [0.25, 0.3) is 5.91 Å². The van der Waals surface area contributed by atoms with Crippen LogP contribution in [0.2, 0.25) is 0 Å². The molecule has 1 aromatic heterocycles. The van der Waals surface area contributed by atoms with E-state index in [1.54, 1.807) is 0 Å². The lowest BCUT2D eigenvalue weighted by molar-refractivity contribution is 0.0945. The largest absolute Gasteiger partial charge is 0.447 e. The van der Waals surface area contributed by atoms with Crippen molar-refractivity contribution < 1.29 is 18.0 Å². The van der Waals surface area contributed by atoms with Crippen LogP contribution in [0.5, 0.6) is 0 Å². The number of carbonyl (C=O) groups excluding carboxylic acids is 1. The van der Waals surface area contributed by atoms with Gasteiger partial charge in [-0.15, -0.1) is 0 Å². The van der Waals surface area contributed by atoms with E-state index in [0.717, 1.165) is 37.8 Å². The molecule has 1 aliphatic heterocycles. The highest BCUT2D eigenvalue weighted by Gasteiger charge is 2.20. The van der Waals surface area contributed by atoms with Gasteiger partial charge < -0.3 is 9.73 Å². The first kappa shape index (κ1) is 21.1. The lowest BCUT2D eigenvalue weighted by Crippen LogP contribution is -2.45. The summed E-state index contributed by atoms with van der Waals surface area (Å²) in [4.78, 5) is 20.9. The Bertz CT molecular complexity index is 1020. The Kier molecular flexibility index (Phi) is 6.69. The molecule has 0 atom stereocenters. The summed E-state index contributed by atoms with van der Waals surface area (Å²) in [5, 5.41) is 2.83. The van der Waals surface area contributed by atoms with Gasteiger partial charge in [0.2, 0.25) is 5.89 Å². The van der Waals surface area contributed by atoms with Crippen molar-refractivity contribution in [2.75, 3.05) is 26.2 Å². The highest BCUT2D eigenvalue weighted by atomic mass is 19.1. The molecule has 162 valence electrons. The van der Waals surface area contributed by atoms with Gasteiger partial charge in [-0.05, 0) is 11.6 Å². The minimum Gasteiger partial charge on any atom is -0.447 e. The molecule has 1 saturated heterocycles. The van der Waals surface area contributed by atoms with Crippen LogP contribution in [0.1, 0.15) is 27.5 Å². The lowest BCUT2D eigenvalue weighted by Gasteiger charge is -2.34. The van der Waals surface area contributed by atoms with Gasteiger partial charge in [-0.25, -0.2) is 13.8 Å². The third kappa shape index (κ3) is 5.74. The molecule has 1 N–H and O–H groups in total.